The van der Waals surface area contributed by atoms with Crippen LogP contribution in [0.4, 0.5) is 0 Å². The quantitative estimate of drug-likeness (QED) is 0.223. The Morgan fingerprint density at radius 3 is 2.18 bits per heavy atom. The number of aromatic nitrogens is 1. The number of hydrogen-bond donors (Lipinski definition) is 1. The summed E-state index contributed by atoms with van der Waals surface area (Å²) in [6.07, 6.45) is 3.99. The highest BCUT2D eigenvalue weighted by molar-refractivity contribution is 5.94. The van der Waals surface area contributed by atoms with Gasteiger partial charge < -0.3 is 18.9 Å². The van der Waals surface area contributed by atoms with Gasteiger partial charge in [-0.3, -0.25) is 9.78 Å². The Labute approximate surface area is 197 Å². The molecule has 0 aliphatic rings. The lowest BCUT2D eigenvalue weighted by atomic mass is 10.2. The number of hydrazone groups is 1. The zero-order valence-electron chi connectivity index (χ0n) is 19.3. The number of nitrogens with zero attached hydrogens (tertiary/aromatic N) is 2. The summed E-state index contributed by atoms with van der Waals surface area (Å²) in [5, 5.41) is 3.94. The first-order chi connectivity index (χ1) is 16.5. The number of aryl methyl sites for hydroxylation is 1. The molecule has 0 atom stereocenters. The van der Waals surface area contributed by atoms with Gasteiger partial charge in [-0.05, 0) is 60.0 Å². The number of carbonyl (C=O) groups is 2. The summed E-state index contributed by atoms with van der Waals surface area (Å²) in [4.78, 5) is 28.8. The zero-order chi connectivity index (χ0) is 24.5. The third kappa shape index (κ3) is 5.89. The van der Waals surface area contributed by atoms with Gasteiger partial charge in [-0.1, -0.05) is 13.0 Å². The van der Waals surface area contributed by atoms with Gasteiger partial charge in [0.15, 0.2) is 11.5 Å². The summed E-state index contributed by atoms with van der Waals surface area (Å²) in [5.74, 6) is 0.411. The molecule has 176 valence electrons. The zero-order valence-corrected chi connectivity index (χ0v) is 19.3. The van der Waals surface area contributed by atoms with Crippen molar-refractivity contribution in [1.29, 1.82) is 0 Å². The van der Waals surface area contributed by atoms with Crippen LogP contribution in [0.2, 0.25) is 0 Å². The number of methoxy groups -OCH3 is 3. The van der Waals surface area contributed by atoms with E-state index in [2.05, 4.69) is 15.5 Å². The van der Waals surface area contributed by atoms with Gasteiger partial charge in [0.1, 0.15) is 11.4 Å². The molecule has 0 saturated carbocycles. The number of hydrogen-bond acceptors (Lipinski definition) is 8. The summed E-state index contributed by atoms with van der Waals surface area (Å²) < 4.78 is 21.2. The van der Waals surface area contributed by atoms with E-state index in [4.69, 9.17) is 18.9 Å². The molecule has 0 unspecified atom stereocenters. The Kier molecular flexibility index (Phi) is 8.17. The van der Waals surface area contributed by atoms with Crippen LogP contribution in [-0.4, -0.2) is 44.4 Å². The van der Waals surface area contributed by atoms with Crippen LogP contribution in [0.15, 0.2) is 59.8 Å². The van der Waals surface area contributed by atoms with E-state index in [0.717, 1.165) is 12.0 Å². The molecule has 9 nitrogen and oxygen atoms in total. The molecule has 0 fully saturated rings. The monoisotopic (exact) mass is 463 g/mol. The molecule has 0 radical (unpaired) electrons. The first kappa shape index (κ1) is 24.2. The fourth-order valence-electron chi connectivity index (χ4n) is 2.98. The third-order valence-corrected chi connectivity index (χ3v) is 4.84. The second-order valence-corrected chi connectivity index (χ2v) is 6.98. The lowest BCUT2D eigenvalue weighted by Gasteiger charge is -2.13. The van der Waals surface area contributed by atoms with Crippen molar-refractivity contribution in [3.63, 3.8) is 0 Å². The van der Waals surface area contributed by atoms with Crippen LogP contribution in [0, 0.1) is 0 Å². The maximum absolute atomic E-state index is 12.6. The molecule has 1 heterocycles. The lowest BCUT2D eigenvalue weighted by Crippen LogP contribution is -2.18. The van der Waals surface area contributed by atoms with E-state index in [1.165, 1.54) is 39.7 Å². The Bertz CT molecular complexity index is 1150. The summed E-state index contributed by atoms with van der Waals surface area (Å²) in [5.41, 5.74) is 4.70. The van der Waals surface area contributed by atoms with E-state index in [1.54, 1.807) is 36.5 Å². The predicted octanol–water partition coefficient (Wildman–Crippen LogP) is 3.65. The molecule has 1 aromatic heterocycles. The van der Waals surface area contributed by atoms with E-state index in [0.29, 0.717) is 28.6 Å². The number of ether oxygens (including phenoxy) is 4. The van der Waals surface area contributed by atoms with Gasteiger partial charge >= 0.3 is 5.97 Å². The summed E-state index contributed by atoms with van der Waals surface area (Å²) >= 11 is 0. The van der Waals surface area contributed by atoms with Crippen molar-refractivity contribution in [2.75, 3.05) is 21.3 Å². The molecule has 0 spiro atoms. The molecule has 3 aromatic rings. The lowest BCUT2D eigenvalue weighted by molar-refractivity contribution is 0.0733. The van der Waals surface area contributed by atoms with Crippen molar-refractivity contribution in [2.45, 2.75) is 13.3 Å². The van der Waals surface area contributed by atoms with Crippen LogP contribution in [0.1, 0.15) is 38.9 Å². The molecule has 9 heteroatoms. The first-order valence-corrected chi connectivity index (χ1v) is 10.4. The molecule has 2 aromatic carbocycles. The second-order valence-electron chi connectivity index (χ2n) is 6.98. The molecular weight excluding hydrogens is 438 g/mol. The van der Waals surface area contributed by atoms with Gasteiger partial charge in [0.05, 0.1) is 33.1 Å². The van der Waals surface area contributed by atoms with Crippen molar-refractivity contribution < 1.29 is 28.5 Å². The minimum atomic E-state index is -0.588. The van der Waals surface area contributed by atoms with E-state index >= 15 is 0 Å². The molecule has 1 N–H and O–H groups in total. The number of rotatable bonds is 9. The van der Waals surface area contributed by atoms with Crippen molar-refractivity contribution in [3.05, 3.63) is 77.1 Å². The smallest absolute Gasteiger partial charge is 0.343 e. The normalized spacial score (nSPS) is 10.6. The second kappa shape index (κ2) is 11.5. The fraction of sp³-hybridized carbons (Fsp3) is 0.200. The molecule has 0 bridgehead atoms. The maximum atomic E-state index is 12.6. The van der Waals surface area contributed by atoms with Gasteiger partial charge in [0.2, 0.25) is 5.75 Å². The summed E-state index contributed by atoms with van der Waals surface area (Å²) in [6.45, 7) is 2.01. The Balaban J connectivity index is 1.62. The SMILES string of the molecule is CCc1ccc(C(=O)NN=Cc2ccc(OC(=O)c3cc(OC)c(OC)c(OC)c3)cc2)nc1. The maximum Gasteiger partial charge on any atom is 0.343 e. The van der Waals surface area contributed by atoms with Crippen LogP contribution < -0.4 is 24.4 Å². The number of carbonyl (C=O) groups excluding carboxylic acids is 2. The number of esters is 1. The Morgan fingerprint density at radius 1 is 0.971 bits per heavy atom. The van der Waals surface area contributed by atoms with Crippen molar-refractivity contribution in [1.82, 2.24) is 10.4 Å². The van der Waals surface area contributed by atoms with E-state index in [-0.39, 0.29) is 11.3 Å². The highest BCUT2D eigenvalue weighted by Crippen LogP contribution is 2.38. The van der Waals surface area contributed by atoms with E-state index in [1.807, 2.05) is 13.0 Å². The minimum absolute atomic E-state index is 0.239. The van der Waals surface area contributed by atoms with Crippen molar-refractivity contribution in [2.24, 2.45) is 5.10 Å². The van der Waals surface area contributed by atoms with Gasteiger partial charge in [0.25, 0.3) is 5.91 Å². The van der Waals surface area contributed by atoms with Gasteiger partial charge in [-0.15, -0.1) is 0 Å². The average molecular weight is 463 g/mol. The van der Waals surface area contributed by atoms with Crippen LogP contribution >= 0.6 is 0 Å². The molecular formula is C25H25N3O6. The average Bonchev–Trinajstić information content (AvgIpc) is 2.88. The molecule has 0 aliphatic carbocycles. The Morgan fingerprint density at radius 2 is 1.65 bits per heavy atom. The van der Waals surface area contributed by atoms with Crippen LogP contribution in [0.25, 0.3) is 0 Å². The van der Waals surface area contributed by atoms with Crippen molar-refractivity contribution in [3.8, 4) is 23.0 Å². The summed E-state index contributed by atoms with van der Waals surface area (Å²) in [7, 11) is 4.41. The van der Waals surface area contributed by atoms with Gasteiger partial charge in [-0.2, -0.15) is 5.10 Å². The van der Waals surface area contributed by atoms with Crippen LogP contribution in [0.5, 0.6) is 23.0 Å². The topological polar surface area (TPSA) is 108 Å². The number of benzene rings is 2. The predicted molar refractivity (Wildman–Crippen MR) is 126 cm³/mol. The highest BCUT2D eigenvalue weighted by atomic mass is 16.5. The minimum Gasteiger partial charge on any atom is -0.493 e. The number of pyridine rings is 1. The molecule has 1 amide bonds. The highest BCUT2D eigenvalue weighted by Gasteiger charge is 2.18. The van der Waals surface area contributed by atoms with E-state index < -0.39 is 11.9 Å². The molecule has 3 rings (SSSR count). The van der Waals surface area contributed by atoms with Gasteiger partial charge in [-0.25, -0.2) is 10.2 Å². The van der Waals surface area contributed by atoms with E-state index in [9.17, 15) is 9.59 Å². The molecule has 34 heavy (non-hydrogen) atoms. The van der Waals surface area contributed by atoms with Crippen LogP contribution in [0.3, 0.4) is 0 Å². The number of amides is 1. The fourth-order valence-corrected chi connectivity index (χ4v) is 2.98. The third-order valence-electron chi connectivity index (χ3n) is 4.84. The first-order valence-electron chi connectivity index (χ1n) is 10.4. The van der Waals surface area contributed by atoms with Crippen molar-refractivity contribution >= 4 is 18.1 Å². The van der Waals surface area contributed by atoms with Crippen LogP contribution in [-0.2, 0) is 6.42 Å². The summed E-state index contributed by atoms with van der Waals surface area (Å²) in [6, 6.07) is 13.2. The largest absolute Gasteiger partial charge is 0.493 e. The standard InChI is InChI=1S/C25H25N3O6/c1-5-16-8-11-20(26-14-16)24(29)28-27-15-17-6-9-19(10-7-17)34-25(30)18-12-21(31-2)23(33-4)22(13-18)32-3/h6-15H,5H2,1-4H3,(H,28,29). The Hall–Kier alpha value is -4.40. The number of nitrogens with one attached hydrogen (secondary N) is 1. The molecule has 0 saturated heterocycles. The van der Waals surface area contributed by atoms with Gasteiger partial charge in [0, 0.05) is 6.20 Å². The molecule has 0 aliphatic heterocycles.